The summed E-state index contributed by atoms with van der Waals surface area (Å²) in [7, 11) is 0. The Bertz CT molecular complexity index is 1060. The zero-order chi connectivity index (χ0) is 23.3. The van der Waals surface area contributed by atoms with Gasteiger partial charge in [0.1, 0.15) is 0 Å². The lowest BCUT2D eigenvalue weighted by Gasteiger charge is -2.38. The minimum absolute atomic E-state index is 0.0470. The number of benzene rings is 3. The molecule has 3 aromatic rings. The highest BCUT2D eigenvalue weighted by Gasteiger charge is 2.42. The first-order valence-corrected chi connectivity index (χ1v) is 12.1. The zero-order valence-electron chi connectivity index (χ0n) is 19.3. The number of carbonyl (C=O) groups is 2. The maximum atomic E-state index is 13.7. The molecule has 5 heteroatoms. The maximum absolute atomic E-state index is 13.7. The predicted octanol–water partition coefficient (Wildman–Crippen LogP) is 3.67. The molecule has 2 aliphatic rings. The molecular weight excluding hydrogens is 422 g/mol. The number of likely N-dealkylation sites (tertiary alicyclic amines) is 1. The van der Waals surface area contributed by atoms with Gasteiger partial charge in [0.25, 0.3) is 0 Å². The van der Waals surface area contributed by atoms with Crippen molar-refractivity contribution in [3.63, 3.8) is 0 Å². The van der Waals surface area contributed by atoms with E-state index in [-0.39, 0.29) is 36.2 Å². The van der Waals surface area contributed by atoms with Gasteiger partial charge in [0.05, 0.1) is 12.0 Å². The van der Waals surface area contributed by atoms with E-state index >= 15 is 0 Å². The SMILES string of the molecule is O=C(C1CC(=O)N(C(c2ccccc2)c2ccccc2)C1)N1CCNCC1Cc1ccccc1. The fourth-order valence-electron chi connectivity index (χ4n) is 5.32. The van der Waals surface area contributed by atoms with Crippen molar-refractivity contribution in [2.24, 2.45) is 5.92 Å². The molecular formula is C29H31N3O2. The maximum Gasteiger partial charge on any atom is 0.228 e. The molecule has 2 unspecified atom stereocenters. The summed E-state index contributed by atoms with van der Waals surface area (Å²) in [5, 5.41) is 3.44. The van der Waals surface area contributed by atoms with Crippen LogP contribution in [0.15, 0.2) is 91.0 Å². The van der Waals surface area contributed by atoms with Crippen molar-refractivity contribution in [2.75, 3.05) is 26.2 Å². The van der Waals surface area contributed by atoms with Gasteiger partial charge in [-0.25, -0.2) is 0 Å². The van der Waals surface area contributed by atoms with Gasteiger partial charge in [-0.1, -0.05) is 91.0 Å². The highest BCUT2D eigenvalue weighted by atomic mass is 16.2. The number of rotatable bonds is 6. The van der Waals surface area contributed by atoms with Crippen LogP contribution in [-0.2, 0) is 16.0 Å². The Hall–Kier alpha value is -3.44. The topological polar surface area (TPSA) is 52.7 Å². The van der Waals surface area contributed by atoms with Crippen LogP contribution in [0.4, 0.5) is 0 Å². The molecule has 0 bridgehead atoms. The third kappa shape index (κ3) is 4.75. The summed E-state index contributed by atoms with van der Waals surface area (Å²) >= 11 is 0. The molecule has 34 heavy (non-hydrogen) atoms. The fourth-order valence-corrected chi connectivity index (χ4v) is 5.32. The standard InChI is InChI=1S/C29H31N3O2/c33-27-19-25(29(34)31-17-16-30-20-26(31)18-22-10-4-1-5-11-22)21-32(27)28(23-12-6-2-7-13-23)24-14-8-3-9-15-24/h1-15,25-26,28,30H,16-21H2. The minimum Gasteiger partial charge on any atom is -0.337 e. The van der Waals surface area contributed by atoms with E-state index in [2.05, 4.69) is 41.7 Å². The number of nitrogens with one attached hydrogen (secondary N) is 1. The molecule has 2 aliphatic heterocycles. The summed E-state index contributed by atoms with van der Waals surface area (Å²) in [5.74, 6) is -0.150. The minimum atomic E-state index is -0.307. The molecule has 2 heterocycles. The smallest absolute Gasteiger partial charge is 0.228 e. The lowest BCUT2D eigenvalue weighted by Crippen LogP contribution is -2.56. The molecule has 5 nitrogen and oxygen atoms in total. The summed E-state index contributed by atoms with van der Waals surface area (Å²) in [4.78, 5) is 30.9. The third-order valence-corrected chi connectivity index (χ3v) is 7.00. The fraction of sp³-hybridized carbons (Fsp3) is 0.310. The van der Waals surface area contributed by atoms with E-state index in [0.717, 1.165) is 30.6 Å². The Labute approximate surface area is 201 Å². The molecule has 0 radical (unpaired) electrons. The van der Waals surface area contributed by atoms with Crippen LogP contribution in [0.1, 0.15) is 29.2 Å². The van der Waals surface area contributed by atoms with Crippen LogP contribution >= 0.6 is 0 Å². The second-order valence-corrected chi connectivity index (χ2v) is 9.25. The first kappa shape index (κ1) is 22.4. The van der Waals surface area contributed by atoms with Gasteiger partial charge in [0, 0.05) is 38.6 Å². The van der Waals surface area contributed by atoms with Crippen molar-refractivity contribution in [1.29, 1.82) is 0 Å². The molecule has 2 fully saturated rings. The summed E-state index contributed by atoms with van der Waals surface area (Å²) in [6, 6.07) is 30.5. The number of hydrogen-bond donors (Lipinski definition) is 1. The molecule has 0 spiro atoms. The second-order valence-electron chi connectivity index (χ2n) is 9.25. The Kier molecular flexibility index (Phi) is 6.72. The summed E-state index contributed by atoms with van der Waals surface area (Å²) in [5.41, 5.74) is 3.37. The van der Waals surface area contributed by atoms with Crippen LogP contribution < -0.4 is 5.32 Å². The van der Waals surface area contributed by atoms with E-state index < -0.39 is 0 Å². The Morgan fingerprint density at radius 1 is 0.882 bits per heavy atom. The Balaban J connectivity index is 1.36. The van der Waals surface area contributed by atoms with E-state index in [9.17, 15) is 9.59 Å². The van der Waals surface area contributed by atoms with Crippen LogP contribution in [0.3, 0.4) is 0 Å². The van der Waals surface area contributed by atoms with Gasteiger partial charge >= 0.3 is 0 Å². The van der Waals surface area contributed by atoms with Crippen molar-refractivity contribution in [1.82, 2.24) is 15.1 Å². The van der Waals surface area contributed by atoms with Crippen molar-refractivity contribution in [3.8, 4) is 0 Å². The lowest BCUT2D eigenvalue weighted by molar-refractivity contribution is -0.138. The average Bonchev–Trinajstić information content (AvgIpc) is 3.27. The van der Waals surface area contributed by atoms with E-state index in [4.69, 9.17) is 0 Å². The highest BCUT2D eigenvalue weighted by molar-refractivity contribution is 5.90. The molecule has 3 aromatic carbocycles. The monoisotopic (exact) mass is 453 g/mol. The van der Waals surface area contributed by atoms with Crippen LogP contribution in [0, 0.1) is 5.92 Å². The predicted molar refractivity (Wildman–Crippen MR) is 133 cm³/mol. The quantitative estimate of drug-likeness (QED) is 0.620. The van der Waals surface area contributed by atoms with Crippen LogP contribution in [0.5, 0.6) is 0 Å². The number of carbonyl (C=O) groups excluding carboxylic acids is 2. The molecule has 2 saturated heterocycles. The molecule has 174 valence electrons. The molecule has 1 N–H and O–H groups in total. The van der Waals surface area contributed by atoms with Gasteiger partial charge in [0.15, 0.2) is 0 Å². The van der Waals surface area contributed by atoms with E-state index in [0.29, 0.717) is 13.1 Å². The van der Waals surface area contributed by atoms with Gasteiger partial charge < -0.3 is 15.1 Å². The van der Waals surface area contributed by atoms with Crippen LogP contribution in [0.25, 0.3) is 0 Å². The third-order valence-electron chi connectivity index (χ3n) is 7.00. The Morgan fingerprint density at radius 2 is 1.47 bits per heavy atom. The molecule has 5 rings (SSSR count). The molecule has 0 saturated carbocycles. The van der Waals surface area contributed by atoms with Crippen LogP contribution in [0.2, 0.25) is 0 Å². The van der Waals surface area contributed by atoms with Crippen LogP contribution in [-0.4, -0.2) is 53.8 Å². The van der Waals surface area contributed by atoms with Crippen molar-refractivity contribution < 1.29 is 9.59 Å². The molecule has 2 amide bonds. The molecule has 0 aliphatic carbocycles. The van der Waals surface area contributed by atoms with Gasteiger partial charge in [-0.3, -0.25) is 9.59 Å². The van der Waals surface area contributed by atoms with Crippen molar-refractivity contribution in [2.45, 2.75) is 24.9 Å². The largest absolute Gasteiger partial charge is 0.337 e. The number of amides is 2. The lowest BCUT2D eigenvalue weighted by atomic mass is 9.97. The van der Waals surface area contributed by atoms with E-state index in [1.54, 1.807) is 0 Å². The molecule has 2 atom stereocenters. The Morgan fingerprint density at radius 3 is 2.09 bits per heavy atom. The summed E-state index contributed by atoms with van der Waals surface area (Å²) < 4.78 is 0. The zero-order valence-corrected chi connectivity index (χ0v) is 19.3. The van der Waals surface area contributed by atoms with E-state index in [1.807, 2.05) is 64.4 Å². The number of nitrogens with zero attached hydrogens (tertiary/aromatic N) is 2. The average molecular weight is 454 g/mol. The number of hydrogen-bond acceptors (Lipinski definition) is 3. The van der Waals surface area contributed by atoms with Gasteiger partial charge in [-0.2, -0.15) is 0 Å². The summed E-state index contributed by atoms with van der Waals surface area (Å²) in [6.45, 7) is 2.70. The van der Waals surface area contributed by atoms with Crippen molar-refractivity contribution in [3.05, 3.63) is 108 Å². The van der Waals surface area contributed by atoms with Gasteiger partial charge in [0.2, 0.25) is 11.8 Å². The summed E-state index contributed by atoms with van der Waals surface area (Å²) in [6.07, 6.45) is 1.09. The van der Waals surface area contributed by atoms with Crippen molar-refractivity contribution >= 4 is 11.8 Å². The van der Waals surface area contributed by atoms with Gasteiger partial charge in [-0.15, -0.1) is 0 Å². The highest BCUT2D eigenvalue weighted by Crippen LogP contribution is 2.35. The van der Waals surface area contributed by atoms with Gasteiger partial charge in [-0.05, 0) is 23.1 Å². The first-order valence-electron chi connectivity index (χ1n) is 12.1. The molecule has 0 aromatic heterocycles. The van der Waals surface area contributed by atoms with E-state index in [1.165, 1.54) is 5.56 Å². The first-order chi connectivity index (χ1) is 16.7. The second kappa shape index (κ2) is 10.2. The normalized spacial score (nSPS) is 20.7. The number of piperazine rings is 1.